The van der Waals surface area contributed by atoms with Crippen LogP contribution < -0.4 is 5.19 Å². The van der Waals surface area contributed by atoms with Crippen molar-refractivity contribution < 1.29 is 17.6 Å². The van der Waals surface area contributed by atoms with E-state index >= 15 is 17.6 Å². The van der Waals surface area contributed by atoms with E-state index in [2.05, 4.69) is 24.3 Å². The first-order chi connectivity index (χ1) is 25.3. The predicted molar refractivity (Wildman–Crippen MR) is 207 cm³/mol. The van der Waals surface area contributed by atoms with Gasteiger partial charge in [-0.1, -0.05) is 137 Å². The molecule has 53 heavy (non-hydrogen) atoms. The maximum Gasteiger partial charge on any atom is 0.169 e. The van der Waals surface area contributed by atoms with E-state index in [1.54, 1.807) is 31.8 Å². The van der Waals surface area contributed by atoms with Gasteiger partial charge in [-0.2, -0.15) is 0 Å². The Hall–Kier alpha value is -5.73. The quantitative estimate of drug-likeness (QED) is 0.0975. The van der Waals surface area contributed by atoms with Crippen LogP contribution in [0.4, 0.5) is 17.6 Å². The van der Waals surface area contributed by atoms with Gasteiger partial charge in [0.2, 0.25) is 0 Å². The summed E-state index contributed by atoms with van der Waals surface area (Å²) < 4.78 is 61.7. The van der Waals surface area contributed by atoms with Crippen molar-refractivity contribution in [2.24, 2.45) is 0 Å². The first-order valence-electron chi connectivity index (χ1n) is 17.5. The standard InChI is InChI=1S/C45H35F4N3Si/c1-45(2)34-24-29(19-21-32(34)33-22-20-30(25-35(33)45)36-37(46)39(48)41(53(3,4)5)40(49)38(36)47)28-17-12-18-31(23-28)44-51-42(26-13-8-6-9-14-26)50-43(52-44)27-15-10-7-11-16-27/h6-25H,1-5H3. The molecule has 0 saturated heterocycles. The van der Waals surface area contributed by atoms with Gasteiger partial charge in [-0.25, -0.2) is 32.5 Å². The fourth-order valence-electron chi connectivity index (χ4n) is 7.39. The first-order valence-corrected chi connectivity index (χ1v) is 21.0. The van der Waals surface area contributed by atoms with Gasteiger partial charge in [0, 0.05) is 27.3 Å². The molecule has 1 heterocycles. The monoisotopic (exact) mass is 721 g/mol. The third-order valence-electron chi connectivity index (χ3n) is 10.1. The van der Waals surface area contributed by atoms with Gasteiger partial charge < -0.3 is 0 Å². The van der Waals surface area contributed by atoms with Gasteiger partial charge in [0.25, 0.3) is 0 Å². The van der Waals surface area contributed by atoms with E-state index in [1.165, 1.54) is 6.07 Å². The molecule has 0 aliphatic heterocycles. The highest BCUT2D eigenvalue weighted by atomic mass is 28.3. The second-order valence-electron chi connectivity index (χ2n) is 15.0. The highest BCUT2D eigenvalue weighted by molar-refractivity contribution is 6.88. The number of benzene rings is 6. The lowest BCUT2D eigenvalue weighted by atomic mass is 9.80. The maximum atomic E-state index is 15.6. The Labute approximate surface area is 307 Å². The smallest absolute Gasteiger partial charge is 0.169 e. The topological polar surface area (TPSA) is 38.7 Å². The number of hydrogen-bond donors (Lipinski definition) is 0. The van der Waals surface area contributed by atoms with E-state index in [4.69, 9.17) is 15.0 Å². The number of fused-ring (bicyclic) bond motifs is 3. The van der Waals surface area contributed by atoms with Gasteiger partial charge in [0.1, 0.15) is 0 Å². The molecule has 262 valence electrons. The molecule has 0 unspecified atom stereocenters. The fourth-order valence-corrected chi connectivity index (χ4v) is 8.93. The van der Waals surface area contributed by atoms with Crippen LogP contribution in [0.2, 0.25) is 19.6 Å². The van der Waals surface area contributed by atoms with E-state index in [9.17, 15) is 0 Å². The number of rotatable bonds is 6. The van der Waals surface area contributed by atoms with Crippen LogP contribution in [0, 0.1) is 23.3 Å². The maximum absolute atomic E-state index is 15.6. The molecule has 1 aliphatic rings. The predicted octanol–water partition coefficient (Wildman–Crippen LogP) is 11.6. The molecule has 0 saturated carbocycles. The molecule has 7 aromatic rings. The van der Waals surface area contributed by atoms with Crippen LogP contribution in [0.1, 0.15) is 25.0 Å². The molecule has 0 bridgehead atoms. The van der Waals surface area contributed by atoms with E-state index in [-0.39, 0.29) is 5.56 Å². The largest absolute Gasteiger partial charge is 0.208 e. The molecule has 0 radical (unpaired) electrons. The molecule has 1 aromatic heterocycles. The Bertz CT molecular complexity index is 2480. The normalized spacial score (nSPS) is 13.2. The minimum absolute atomic E-state index is 0.0922. The molecule has 8 rings (SSSR count). The van der Waals surface area contributed by atoms with Crippen molar-refractivity contribution in [3.63, 3.8) is 0 Å². The van der Waals surface area contributed by atoms with E-state index in [0.29, 0.717) is 17.5 Å². The molecular weight excluding hydrogens is 687 g/mol. The van der Waals surface area contributed by atoms with Crippen molar-refractivity contribution >= 4 is 13.3 Å². The fraction of sp³-hybridized carbons (Fsp3) is 0.133. The van der Waals surface area contributed by atoms with Crippen LogP contribution >= 0.6 is 0 Å². The van der Waals surface area contributed by atoms with Crippen LogP contribution in [0.25, 0.3) is 67.5 Å². The van der Waals surface area contributed by atoms with Crippen molar-refractivity contribution in [1.82, 2.24) is 15.0 Å². The van der Waals surface area contributed by atoms with Crippen molar-refractivity contribution in [1.29, 1.82) is 0 Å². The highest BCUT2D eigenvalue weighted by Crippen LogP contribution is 2.51. The summed E-state index contributed by atoms with van der Waals surface area (Å²) in [6, 6.07) is 38.9. The summed E-state index contributed by atoms with van der Waals surface area (Å²) in [6.45, 7) is 9.06. The molecule has 0 N–H and O–H groups in total. The Morgan fingerprint density at radius 2 is 0.849 bits per heavy atom. The summed E-state index contributed by atoms with van der Waals surface area (Å²) >= 11 is 0. The van der Waals surface area contributed by atoms with Gasteiger partial charge in [-0.05, 0) is 57.1 Å². The third-order valence-corrected chi connectivity index (χ3v) is 12.1. The van der Waals surface area contributed by atoms with Gasteiger partial charge >= 0.3 is 0 Å². The van der Waals surface area contributed by atoms with Crippen molar-refractivity contribution in [2.45, 2.75) is 38.9 Å². The van der Waals surface area contributed by atoms with E-state index < -0.39 is 47.5 Å². The summed E-state index contributed by atoms with van der Waals surface area (Å²) in [5, 5.41) is -0.467. The number of nitrogens with zero attached hydrogens (tertiary/aromatic N) is 3. The molecule has 0 atom stereocenters. The van der Waals surface area contributed by atoms with Crippen molar-refractivity contribution in [3.8, 4) is 67.5 Å². The highest BCUT2D eigenvalue weighted by Gasteiger charge is 2.38. The number of hydrogen-bond acceptors (Lipinski definition) is 3. The Balaban J connectivity index is 1.18. The number of aromatic nitrogens is 3. The van der Waals surface area contributed by atoms with Crippen molar-refractivity contribution in [3.05, 3.63) is 156 Å². The Morgan fingerprint density at radius 3 is 1.36 bits per heavy atom. The van der Waals surface area contributed by atoms with Crippen LogP contribution in [0.3, 0.4) is 0 Å². The molecule has 1 aliphatic carbocycles. The lowest BCUT2D eigenvalue weighted by Gasteiger charge is -2.23. The summed E-state index contributed by atoms with van der Waals surface area (Å²) in [7, 11) is -2.72. The Morgan fingerprint density at radius 1 is 0.434 bits per heavy atom. The lowest BCUT2D eigenvalue weighted by Crippen LogP contribution is -2.44. The zero-order chi connectivity index (χ0) is 37.2. The van der Waals surface area contributed by atoms with Crippen LogP contribution in [0.15, 0.2) is 121 Å². The van der Waals surface area contributed by atoms with Crippen LogP contribution in [-0.2, 0) is 5.41 Å². The molecule has 3 nitrogen and oxygen atoms in total. The minimum atomic E-state index is -2.72. The molecular formula is C45H35F4N3Si. The summed E-state index contributed by atoms with van der Waals surface area (Å²) in [5.41, 5.74) is 7.09. The second-order valence-corrected chi connectivity index (χ2v) is 20.0. The molecule has 8 heteroatoms. The summed E-state index contributed by atoms with van der Waals surface area (Å²) in [6.07, 6.45) is 0. The third kappa shape index (κ3) is 5.87. The molecule has 0 fully saturated rings. The molecule has 0 amide bonds. The van der Waals surface area contributed by atoms with E-state index in [0.717, 1.165) is 50.1 Å². The van der Waals surface area contributed by atoms with Gasteiger partial charge in [-0.3, -0.25) is 0 Å². The van der Waals surface area contributed by atoms with Crippen LogP contribution in [0.5, 0.6) is 0 Å². The minimum Gasteiger partial charge on any atom is -0.208 e. The van der Waals surface area contributed by atoms with Gasteiger partial charge in [-0.15, -0.1) is 0 Å². The second kappa shape index (κ2) is 12.7. The van der Waals surface area contributed by atoms with Gasteiger partial charge in [0.15, 0.2) is 40.7 Å². The lowest BCUT2D eigenvalue weighted by molar-refractivity contribution is 0.467. The first kappa shape index (κ1) is 34.4. The molecule has 6 aromatic carbocycles. The zero-order valence-electron chi connectivity index (χ0n) is 29.9. The average Bonchev–Trinajstić information content (AvgIpc) is 3.39. The summed E-state index contributed by atoms with van der Waals surface area (Å²) in [4.78, 5) is 14.6. The van der Waals surface area contributed by atoms with Gasteiger partial charge in [0.05, 0.1) is 13.6 Å². The van der Waals surface area contributed by atoms with E-state index in [1.807, 2.05) is 92.7 Å². The average molecular weight is 722 g/mol. The zero-order valence-corrected chi connectivity index (χ0v) is 30.9. The number of halogens is 4. The van der Waals surface area contributed by atoms with Crippen molar-refractivity contribution in [2.75, 3.05) is 0 Å². The molecule has 0 spiro atoms. The van der Waals surface area contributed by atoms with Crippen LogP contribution in [-0.4, -0.2) is 23.0 Å². The summed E-state index contributed by atoms with van der Waals surface area (Å²) in [5.74, 6) is -3.63. The Kier molecular flexibility index (Phi) is 8.26. The SMILES string of the molecule is CC1(C)c2cc(-c3cccc(-c4nc(-c5ccccc5)nc(-c5ccccc5)n4)c3)ccc2-c2ccc(-c3c(F)c(F)c([Si](C)(C)C)c(F)c3F)cc21.